The highest BCUT2D eigenvalue weighted by molar-refractivity contribution is 6.06. The maximum absolute atomic E-state index is 13.5. The van der Waals surface area contributed by atoms with Crippen molar-refractivity contribution < 1.29 is 14.6 Å². The lowest BCUT2D eigenvalue weighted by Gasteiger charge is -2.33. The number of nitrogens with zero attached hydrogens (tertiary/aromatic N) is 2. The van der Waals surface area contributed by atoms with Crippen molar-refractivity contribution in [1.29, 1.82) is 0 Å². The van der Waals surface area contributed by atoms with Crippen LogP contribution in [-0.4, -0.2) is 53.8 Å². The molecule has 6 nitrogen and oxygen atoms in total. The number of carbonyl (C=O) groups excluding carboxylic acids is 1. The molecular weight excluding hydrogens is 354 g/mol. The van der Waals surface area contributed by atoms with Crippen molar-refractivity contribution in [2.24, 2.45) is 22.6 Å². The third kappa shape index (κ3) is 5.47. The summed E-state index contributed by atoms with van der Waals surface area (Å²) < 4.78 is 5.36. The molecule has 2 saturated carbocycles. The van der Waals surface area contributed by atoms with E-state index in [1.54, 1.807) is 4.90 Å². The molecule has 160 valence electrons. The second kappa shape index (κ2) is 10.6. The number of rotatable bonds is 10. The second-order valence-electron chi connectivity index (χ2n) is 9.05. The van der Waals surface area contributed by atoms with Crippen molar-refractivity contribution in [3.05, 3.63) is 0 Å². The molecule has 0 radical (unpaired) electrons. The number of aliphatic hydroxyl groups excluding tert-OH is 1. The summed E-state index contributed by atoms with van der Waals surface area (Å²) in [6.07, 6.45) is 15.7. The van der Waals surface area contributed by atoms with Crippen molar-refractivity contribution in [1.82, 2.24) is 4.90 Å². The number of ether oxygens (including phenoxy) is 1. The van der Waals surface area contributed by atoms with E-state index >= 15 is 0 Å². The Morgan fingerprint density at radius 3 is 2.32 bits per heavy atom. The molecule has 1 heterocycles. The van der Waals surface area contributed by atoms with Crippen LogP contribution in [0, 0.1) is 11.8 Å². The molecular formula is C22H39N3O3. The number of hydrogen-bond acceptors (Lipinski definition) is 5. The van der Waals surface area contributed by atoms with Gasteiger partial charge in [-0.2, -0.15) is 0 Å². The second-order valence-corrected chi connectivity index (χ2v) is 9.05. The van der Waals surface area contributed by atoms with Crippen LogP contribution in [0.3, 0.4) is 0 Å². The topological polar surface area (TPSA) is 88.2 Å². The van der Waals surface area contributed by atoms with Crippen molar-refractivity contribution in [3.63, 3.8) is 0 Å². The molecule has 1 amide bonds. The van der Waals surface area contributed by atoms with E-state index in [4.69, 9.17) is 20.6 Å². The highest BCUT2D eigenvalue weighted by atomic mass is 16.5. The number of amides is 1. The third-order valence-electron chi connectivity index (χ3n) is 6.99. The molecule has 2 fully saturated rings. The first-order valence-electron chi connectivity index (χ1n) is 11.5. The van der Waals surface area contributed by atoms with Crippen LogP contribution in [-0.2, 0) is 9.53 Å². The van der Waals surface area contributed by atoms with Crippen LogP contribution in [0.2, 0.25) is 0 Å². The number of guanidine groups is 1. The molecule has 0 bridgehead atoms. The average molecular weight is 394 g/mol. The van der Waals surface area contributed by atoms with Gasteiger partial charge in [0, 0.05) is 0 Å². The van der Waals surface area contributed by atoms with Gasteiger partial charge in [0.15, 0.2) is 5.96 Å². The quantitative estimate of drug-likeness (QED) is 0.558. The Bertz CT molecular complexity index is 527. The number of nitrogens with two attached hydrogens (primary N) is 1. The molecule has 2 aliphatic carbocycles. The summed E-state index contributed by atoms with van der Waals surface area (Å²) in [4.78, 5) is 19.9. The standard InChI is InChI=1S/C22H39N3O3/c23-21-24-22(17-19-9-5-2-6-10-19,12-11-18-7-3-1-4-8-18)20(27)25(21)13-15-28-16-14-26/h18-19,26H,1-17H2,(H2,23,24). The van der Waals surface area contributed by atoms with Crippen molar-refractivity contribution >= 4 is 11.9 Å². The molecule has 0 aromatic carbocycles. The maximum Gasteiger partial charge on any atom is 0.257 e. The molecule has 6 heteroatoms. The molecule has 3 rings (SSSR count). The van der Waals surface area contributed by atoms with E-state index in [9.17, 15) is 4.79 Å². The minimum Gasteiger partial charge on any atom is -0.394 e. The van der Waals surface area contributed by atoms with Crippen LogP contribution < -0.4 is 5.73 Å². The van der Waals surface area contributed by atoms with E-state index in [2.05, 4.69) is 0 Å². The highest BCUT2D eigenvalue weighted by Crippen LogP contribution is 2.40. The summed E-state index contributed by atoms with van der Waals surface area (Å²) in [6.45, 7) is 1.08. The van der Waals surface area contributed by atoms with Gasteiger partial charge in [-0.3, -0.25) is 9.69 Å². The smallest absolute Gasteiger partial charge is 0.257 e. The fraction of sp³-hybridized carbons (Fsp3) is 0.909. The summed E-state index contributed by atoms with van der Waals surface area (Å²) in [5, 5.41) is 8.87. The Balaban J connectivity index is 1.66. The van der Waals surface area contributed by atoms with Crippen LogP contribution >= 0.6 is 0 Å². The van der Waals surface area contributed by atoms with Gasteiger partial charge in [-0.05, 0) is 31.1 Å². The van der Waals surface area contributed by atoms with Gasteiger partial charge >= 0.3 is 0 Å². The molecule has 1 atom stereocenters. The van der Waals surface area contributed by atoms with E-state index in [-0.39, 0.29) is 19.1 Å². The largest absolute Gasteiger partial charge is 0.394 e. The lowest BCUT2D eigenvalue weighted by Crippen LogP contribution is -2.46. The minimum absolute atomic E-state index is 0.00940. The molecule has 0 aromatic rings. The summed E-state index contributed by atoms with van der Waals surface area (Å²) in [6, 6.07) is 0. The van der Waals surface area contributed by atoms with Gasteiger partial charge in [-0.15, -0.1) is 0 Å². The number of hydrogen-bond donors (Lipinski definition) is 2. The average Bonchev–Trinajstić information content (AvgIpc) is 2.95. The van der Waals surface area contributed by atoms with Gasteiger partial charge < -0.3 is 15.6 Å². The van der Waals surface area contributed by atoms with Crippen LogP contribution in [0.1, 0.15) is 83.5 Å². The lowest BCUT2D eigenvalue weighted by atomic mass is 9.75. The summed E-state index contributed by atoms with van der Waals surface area (Å²) >= 11 is 0. The molecule has 3 N–H and O–H groups in total. The van der Waals surface area contributed by atoms with E-state index in [0.29, 0.717) is 25.0 Å². The normalized spacial score (nSPS) is 27.4. The molecule has 0 saturated heterocycles. The Labute approximate surface area is 169 Å². The van der Waals surface area contributed by atoms with E-state index in [1.165, 1.54) is 64.2 Å². The van der Waals surface area contributed by atoms with Crippen LogP contribution in [0.5, 0.6) is 0 Å². The SMILES string of the molecule is NC1=NC(CCC2CCCCC2)(CC2CCCCC2)C(=O)N1CCOCCO. The van der Waals surface area contributed by atoms with Gasteiger partial charge in [0.25, 0.3) is 5.91 Å². The highest BCUT2D eigenvalue weighted by Gasteiger charge is 2.48. The first kappa shape index (κ1) is 21.6. The zero-order chi connectivity index (χ0) is 19.8. The zero-order valence-electron chi connectivity index (χ0n) is 17.4. The Hall–Kier alpha value is -1.14. The van der Waals surface area contributed by atoms with E-state index in [0.717, 1.165) is 25.2 Å². The first-order chi connectivity index (χ1) is 13.6. The van der Waals surface area contributed by atoms with Crippen LogP contribution in [0.25, 0.3) is 0 Å². The monoisotopic (exact) mass is 393 g/mol. The molecule has 0 spiro atoms. The van der Waals surface area contributed by atoms with E-state index in [1.807, 2.05) is 0 Å². The summed E-state index contributed by atoms with van der Waals surface area (Å²) in [5.41, 5.74) is 5.57. The van der Waals surface area contributed by atoms with E-state index < -0.39 is 5.54 Å². The predicted octanol–water partition coefficient (Wildman–Crippen LogP) is 3.22. The van der Waals surface area contributed by atoms with Crippen molar-refractivity contribution in [2.45, 2.75) is 89.0 Å². The van der Waals surface area contributed by atoms with Crippen molar-refractivity contribution in [3.8, 4) is 0 Å². The zero-order valence-corrected chi connectivity index (χ0v) is 17.4. The fourth-order valence-electron chi connectivity index (χ4n) is 5.41. The Morgan fingerprint density at radius 1 is 1.04 bits per heavy atom. The number of aliphatic imine (C=N–C) groups is 1. The molecule has 28 heavy (non-hydrogen) atoms. The minimum atomic E-state index is -0.652. The Kier molecular flexibility index (Phi) is 8.15. The maximum atomic E-state index is 13.5. The molecule has 3 aliphatic rings. The molecule has 0 aromatic heterocycles. The molecule has 1 aliphatic heterocycles. The van der Waals surface area contributed by atoms with Crippen LogP contribution in [0.4, 0.5) is 0 Å². The van der Waals surface area contributed by atoms with Crippen LogP contribution in [0.15, 0.2) is 4.99 Å². The van der Waals surface area contributed by atoms with Gasteiger partial charge in [0.1, 0.15) is 5.54 Å². The third-order valence-corrected chi connectivity index (χ3v) is 6.99. The first-order valence-corrected chi connectivity index (χ1v) is 11.5. The van der Waals surface area contributed by atoms with Gasteiger partial charge in [0.2, 0.25) is 0 Å². The fourth-order valence-corrected chi connectivity index (χ4v) is 5.41. The number of carbonyl (C=O) groups is 1. The number of aliphatic hydroxyl groups is 1. The van der Waals surface area contributed by atoms with Gasteiger partial charge in [-0.25, -0.2) is 4.99 Å². The Morgan fingerprint density at radius 2 is 1.68 bits per heavy atom. The summed E-state index contributed by atoms with van der Waals surface area (Å²) in [5.74, 6) is 1.77. The summed E-state index contributed by atoms with van der Waals surface area (Å²) in [7, 11) is 0. The lowest BCUT2D eigenvalue weighted by molar-refractivity contribution is -0.133. The van der Waals surface area contributed by atoms with Crippen molar-refractivity contribution in [2.75, 3.05) is 26.4 Å². The van der Waals surface area contributed by atoms with Gasteiger partial charge in [-0.1, -0.05) is 64.2 Å². The molecule has 1 unspecified atom stereocenters. The predicted molar refractivity (Wildman–Crippen MR) is 111 cm³/mol. The van der Waals surface area contributed by atoms with Gasteiger partial charge in [0.05, 0.1) is 26.4 Å².